The predicted octanol–water partition coefficient (Wildman–Crippen LogP) is 1.43. The minimum atomic E-state index is -2.99. The Morgan fingerprint density at radius 1 is 1.29 bits per heavy atom. The van der Waals surface area contributed by atoms with Crippen LogP contribution in [0.25, 0.3) is 0 Å². The highest BCUT2D eigenvalue weighted by molar-refractivity contribution is 7.92. The first-order valence-electron chi connectivity index (χ1n) is 8.29. The van der Waals surface area contributed by atoms with E-state index in [1.165, 1.54) is 0 Å². The molecular formula is C15H26N2O3S. The van der Waals surface area contributed by atoms with Gasteiger partial charge in [-0.2, -0.15) is 0 Å². The van der Waals surface area contributed by atoms with Gasteiger partial charge in [0, 0.05) is 6.54 Å². The molecule has 2 atom stereocenters. The second-order valence-corrected chi connectivity index (χ2v) is 9.23. The van der Waals surface area contributed by atoms with Crippen LogP contribution in [0.15, 0.2) is 0 Å². The van der Waals surface area contributed by atoms with Gasteiger partial charge in [-0.15, -0.1) is 0 Å². The molecule has 0 bridgehead atoms. The Hall–Kier alpha value is -0.620. The van der Waals surface area contributed by atoms with Gasteiger partial charge in [-0.05, 0) is 32.1 Å². The number of nitrogens with zero attached hydrogens (tertiary/aromatic N) is 1. The molecule has 6 heteroatoms. The lowest BCUT2D eigenvalue weighted by atomic mass is 9.98. The highest BCUT2D eigenvalue weighted by Crippen LogP contribution is 2.38. The molecule has 3 aliphatic rings. The number of carbonyl (C=O) groups is 1. The summed E-state index contributed by atoms with van der Waals surface area (Å²) >= 11 is 0. The average molecular weight is 314 g/mol. The quantitative estimate of drug-likeness (QED) is 0.852. The van der Waals surface area contributed by atoms with E-state index in [1.54, 1.807) is 0 Å². The normalized spacial score (nSPS) is 34.1. The zero-order valence-corrected chi connectivity index (χ0v) is 13.6. The molecule has 2 unspecified atom stereocenters. The third-order valence-electron chi connectivity index (χ3n) is 5.37. The lowest BCUT2D eigenvalue weighted by Gasteiger charge is -2.26. The van der Waals surface area contributed by atoms with Gasteiger partial charge < -0.3 is 4.90 Å². The molecule has 2 saturated heterocycles. The van der Waals surface area contributed by atoms with E-state index in [2.05, 4.69) is 12.2 Å². The van der Waals surface area contributed by atoms with Crippen LogP contribution in [0, 0.1) is 0 Å². The summed E-state index contributed by atoms with van der Waals surface area (Å²) in [6.07, 6.45) is 7.36. The van der Waals surface area contributed by atoms with Gasteiger partial charge in [0.25, 0.3) is 0 Å². The molecule has 1 saturated carbocycles. The second kappa shape index (κ2) is 5.54. The van der Waals surface area contributed by atoms with Crippen LogP contribution in [-0.4, -0.2) is 48.5 Å². The van der Waals surface area contributed by atoms with E-state index >= 15 is 0 Å². The van der Waals surface area contributed by atoms with Crippen molar-refractivity contribution in [2.75, 3.05) is 12.3 Å². The van der Waals surface area contributed by atoms with Gasteiger partial charge in [0.2, 0.25) is 5.91 Å². The Morgan fingerprint density at radius 3 is 2.57 bits per heavy atom. The van der Waals surface area contributed by atoms with E-state index < -0.39 is 9.84 Å². The van der Waals surface area contributed by atoms with E-state index in [0.29, 0.717) is 13.0 Å². The number of amides is 1. The minimum absolute atomic E-state index is 0.0244. The molecule has 1 N–H and O–H groups in total. The SMILES string of the molecule is CCCC1NC2(CCCC2)C(=O)N1CC1CCCS1(=O)=O. The fourth-order valence-electron chi connectivity index (χ4n) is 4.21. The zero-order valence-electron chi connectivity index (χ0n) is 12.8. The average Bonchev–Trinajstić information content (AvgIpc) is 3.08. The van der Waals surface area contributed by atoms with Gasteiger partial charge in [0.1, 0.15) is 0 Å². The third-order valence-corrected chi connectivity index (χ3v) is 7.63. The van der Waals surface area contributed by atoms with Crippen molar-refractivity contribution in [2.45, 2.75) is 75.2 Å². The van der Waals surface area contributed by atoms with Crippen LogP contribution in [0.2, 0.25) is 0 Å². The molecule has 3 rings (SSSR count). The van der Waals surface area contributed by atoms with Gasteiger partial charge in [-0.3, -0.25) is 10.1 Å². The molecule has 1 spiro atoms. The molecule has 2 aliphatic heterocycles. The van der Waals surface area contributed by atoms with Crippen molar-refractivity contribution in [2.24, 2.45) is 0 Å². The Kier molecular flexibility index (Phi) is 4.03. The lowest BCUT2D eigenvalue weighted by molar-refractivity contribution is -0.133. The number of nitrogens with one attached hydrogen (secondary N) is 1. The van der Waals surface area contributed by atoms with E-state index in [4.69, 9.17) is 0 Å². The smallest absolute Gasteiger partial charge is 0.244 e. The number of hydrogen-bond acceptors (Lipinski definition) is 4. The first-order valence-corrected chi connectivity index (χ1v) is 10.0. The van der Waals surface area contributed by atoms with E-state index in [9.17, 15) is 13.2 Å². The number of carbonyl (C=O) groups excluding carboxylic acids is 1. The molecular weight excluding hydrogens is 288 g/mol. The van der Waals surface area contributed by atoms with Gasteiger partial charge in [0.05, 0.1) is 22.7 Å². The fourth-order valence-corrected chi connectivity index (χ4v) is 6.02. The number of hydrogen-bond donors (Lipinski definition) is 1. The Bertz CT molecular complexity index is 511. The van der Waals surface area contributed by atoms with Crippen LogP contribution in [-0.2, 0) is 14.6 Å². The molecule has 120 valence electrons. The first kappa shape index (κ1) is 15.3. The van der Waals surface area contributed by atoms with E-state index in [1.807, 2.05) is 4.90 Å². The van der Waals surface area contributed by atoms with Crippen molar-refractivity contribution in [1.29, 1.82) is 0 Å². The molecule has 5 nitrogen and oxygen atoms in total. The standard InChI is InChI=1S/C15H26N2O3S/c1-2-6-13-16-15(8-3-4-9-15)14(18)17(13)11-12-7-5-10-21(12,19)20/h12-13,16H,2-11H2,1H3. The summed E-state index contributed by atoms with van der Waals surface area (Å²) in [6.45, 7) is 2.50. The topological polar surface area (TPSA) is 66.5 Å². The molecule has 0 radical (unpaired) electrons. The molecule has 21 heavy (non-hydrogen) atoms. The molecule has 1 aliphatic carbocycles. The Labute approximate surface area is 127 Å². The maximum Gasteiger partial charge on any atom is 0.244 e. The van der Waals surface area contributed by atoms with Gasteiger partial charge in [-0.1, -0.05) is 26.2 Å². The van der Waals surface area contributed by atoms with E-state index in [0.717, 1.165) is 44.9 Å². The van der Waals surface area contributed by atoms with Crippen molar-refractivity contribution in [3.63, 3.8) is 0 Å². The summed E-state index contributed by atoms with van der Waals surface area (Å²) in [4.78, 5) is 14.7. The van der Waals surface area contributed by atoms with Crippen LogP contribution < -0.4 is 5.32 Å². The van der Waals surface area contributed by atoms with Crippen molar-refractivity contribution in [1.82, 2.24) is 10.2 Å². The minimum Gasteiger partial charge on any atom is -0.324 e. The maximum absolute atomic E-state index is 12.9. The summed E-state index contributed by atoms with van der Waals surface area (Å²) in [5.41, 5.74) is -0.387. The van der Waals surface area contributed by atoms with Gasteiger partial charge >= 0.3 is 0 Å². The first-order chi connectivity index (χ1) is 9.98. The van der Waals surface area contributed by atoms with Gasteiger partial charge in [-0.25, -0.2) is 8.42 Å². The van der Waals surface area contributed by atoms with Crippen LogP contribution in [0.1, 0.15) is 58.3 Å². The highest BCUT2D eigenvalue weighted by Gasteiger charge is 2.52. The Morgan fingerprint density at radius 2 is 2.00 bits per heavy atom. The summed E-state index contributed by atoms with van der Waals surface area (Å²) in [5.74, 6) is 0.442. The third kappa shape index (κ3) is 2.61. The second-order valence-electron chi connectivity index (χ2n) is 6.83. The summed E-state index contributed by atoms with van der Waals surface area (Å²) in [6, 6.07) is 0. The van der Waals surface area contributed by atoms with Crippen molar-refractivity contribution in [3.05, 3.63) is 0 Å². The van der Waals surface area contributed by atoms with Crippen molar-refractivity contribution >= 4 is 15.7 Å². The molecule has 0 aromatic carbocycles. The molecule has 0 aromatic rings. The largest absolute Gasteiger partial charge is 0.324 e. The lowest BCUT2D eigenvalue weighted by Crippen LogP contribution is -2.45. The van der Waals surface area contributed by atoms with E-state index in [-0.39, 0.29) is 28.6 Å². The number of rotatable bonds is 4. The highest BCUT2D eigenvalue weighted by atomic mass is 32.2. The molecule has 1 amide bonds. The van der Waals surface area contributed by atoms with Crippen LogP contribution in [0.5, 0.6) is 0 Å². The number of sulfone groups is 1. The molecule has 3 fully saturated rings. The van der Waals surface area contributed by atoms with Crippen LogP contribution in [0.3, 0.4) is 0 Å². The Balaban J connectivity index is 1.79. The maximum atomic E-state index is 12.9. The summed E-state index contributed by atoms with van der Waals surface area (Å²) in [7, 11) is -2.99. The summed E-state index contributed by atoms with van der Waals surface area (Å²) in [5, 5.41) is 3.20. The molecule has 0 aromatic heterocycles. The zero-order chi connectivity index (χ0) is 15.1. The van der Waals surface area contributed by atoms with Crippen molar-refractivity contribution < 1.29 is 13.2 Å². The van der Waals surface area contributed by atoms with Crippen molar-refractivity contribution in [3.8, 4) is 0 Å². The summed E-state index contributed by atoms with van der Waals surface area (Å²) < 4.78 is 24.2. The van der Waals surface area contributed by atoms with Gasteiger partial charge in [0.15, 0.2) is 9.84 Å². The monoisotopic (exact) mass is 314 g/mol. The fraction of sp³-hybridized carbons (Fsp3) is 0.933. The van der Waals surface area contributed by atoms with Crippen LogP contribution in [0.4, 0.5) is 0 Å². The molecule has 2 heterocycles. The predicted molar refractivity (Wildman–Crippen MR) is 81.6 cm³/mol. The van der Waals surface area contributed by atoms with Crippen LogP contribution >= 0.6 is 0 Å².